The van der Waals surface area contributed by atoms with Gasteiger partial charge in [-0.25, -0.2) is 0 Å². The van der Waals surface area contributed by atoms with Gasteiger partial charge >= 0.3 is 0 Å². The summed E-state index contributed by atoms with van der Waals surface area (Å²) in [7, 11) is 0. The van der Waals surface area contributed by atoms with Gasteiger partial charge in [-0.3, -0.25) is 5.10 Å². The summed E-state index contributed by atoms with van der Waals surface area (Å²) in [6.45, 7) is 8.44. The monoisotopic (exact) mass is 279 g/mol. The molecule has 4 heterocycles. The van der Waals surface area contributed by atoms with Crippen LogP contribution in [0.2, 0.25) is 0 Å². The Kier molecular flexibility index (Phi) is 4.18. The van der Waals surface area contributed by atoms with Crippen LogP contribution in [0.3, 0.4) is 0 Å². The van der Waals surface area contributed by atoms with Crippen molar-refractivity contribution in [3.8, 4) is 0 Å². The minimum Gasteiger partial charge on any atom is -0.303 e. The Morgan fingerprint density at radius 1 is 1.42 bits per heavy atom. The van der Waals surface area contributed by atoms with E-state index < -0.39 is 0 Å². The highest BCUT2D eigenvalue weighted by Crippen LogP contribution is 2.41. The average Bonchev–Trinajstić information content (AvgIpc) is 2.88. The molecule has 1 atom stereocenters. The van der Waals surface area contributed by atoms with E-state index in [9.17, 15) is 0 Å². The summed E-state index contributed by atoms with van der Waals surface area (Å²) in [5, 5.41) is 7.69. The number of rotatable bonds is 5. The highest BCUT2D eigenvalue weighted by molar-refractivity contribution is 7.99. The van der Waals surface area contributed by atoms with Gasteiger partial charge in [0.2, 0.25) is 0 Å². The number of thioether (sulfide) groups is 1. The summed E-state index contributed by atoms with van der Waals surface area (Å²) in [5.74, 6) is 3.55. The van der Waals surface area contributed by atoms with Crippen LogP contribution in [-0.4, -0.2) is 40.5 Å². The molecule has 106 valence electrons. The Morgan fingerprint density at radius 2 is 2.21 bits per heavy atom. The predicted octanol–water partition coefficient (Wildman–Crippen LogP) is 3.36. The lowest BCUT2D eigenvalue weighted by atomic mass is 9.77. The highest BCUT2D eigenvalue weighted by atomic mass is 32.2. The summed E-state index contributed by atoms with van der Waals surface area (Å²) in [6, 6.07) is 0. The second-order valence-corrected chi connectivity index (χ2v) is 7.55. The van der Waals surface area contributed by atoms with Crippen molar-refractivity contribution in [2.75, 3.05) is 25.4 Å². The third-order valence-corrected chi connectivity index (χ3v) is 5.67. The van der Waals surface area contributed by atoms with Crippen molar-refractivity contribution in [2.45, 2.75) is 43.9 Å². The molecule has 19 heavy (non-hydrogen) atoms. The van der Waals surface area contributed by atoms with Gasteiger partial charge < -0.3 is 4.90 Å². The van der Waals surface area contributed by atoms with Crippen molar-refractivity contribution in [1.82, 2.24) is 15.1 Å². The summed E-state index contributed by atoms with van der Waals surface area (Å²) < 4.78 is 0. The lowest BCUT2D eigenvalue weighted by molar-refractivity contribution is 0.0844. The predicted molar refractivity (Wildman–Crippen MR) is 80.7 cm³/mol. The molecule has 1 aromatic rings. The van der Waals surface area contributed by atoms with Crippen LogP contribution in [0.1, 0.15) is 44.7 Å². The molecule has 3 nitrogen and oxygen atoms in total. The van der Waals surface area contributed by atoms with Gasteiger partial charge in [-0.1, -0.05) is 13.8 Å². The summed E-state index contributed by atoms with van der Waals surface area (Å²) >= 11 is 1.99. The molecule has 3 aliphatic rings. The average molecular weight is 279 g/mol. The lowest BCUT2D eigenvalue weighted by Crippen LogP contribution is -2.46. The molecule has 1 unspecified atom stereocenters. The zero-order chi connectivity index (χ0) is 13.2. The van der Waals surface area contributed by atoms with Crippen molar-refractivity contribution in [3.05, 3.63) is 11.9 Å². The highest BCUT2D eigenvalue weighted by Gasteiger charge is 2.37. The number of nitrogens with one attached hydrogen (secondary N) is 1. The summed E-state index contributed by atoms with van der Waals surface area (Å²) in [5.41, 5.74) is 1.35. The van der Waals surface area contributed by atoms with Gasteiger partial charge in [-0.2, -0.15) is 5.10 Å². The maximum Gasteiger partial charge on any atom is 0.0804 e. The third kappa shape index (κ3) is 3.00. The molecule has 0 radical (unpaired) electrons. The second kappa shape index (κ2) is 5.88. The standard InChI is InChI=1S/C15H25N3S/c1-11(2)5-8-19-14-9-16-17-15(14)13-10-18-6-3-12(13)4-7-18/h9,11-13H,3-8,10H2,1-2H3,(H,16,17). The number of hydrogen-bond acceptors (Lipinski definition) is 3. The number of fused-ring (bicyclic) bond motifs is 3. The number of piperidine rings is 3. The van der Waals surface area contributed by atoms with E-state index in [4.69, 9.17) is 0 Å². The van der Waals surface area contributed by atoms with Crippen molar-refractivity contribution < 1.29 is 0 Å². The molecule has 4 rings (SSSR count). The molecule has 1 N–H and O–H groups in total. The van der Waals surface area contributed by atoms with Gasteiger partial charge in [0.15, 0.2) is 0 Å². The third-order valence-electron chi connectivity index (χ3n) is 4.59. The molecule has 0 aromatic carbocycles. The van der Waals surface area contributed by atoms with E-state index >= 15 is 0 Å². The topological polar surface area (TPSA) is 31.9 Å². The fourth-order valence-electron chi connectivity index (χ4n) is 3.35. The van der Waals surface area contributed by atoms with E-state index in [1.165, 1.54) is 55.2 Å². The minimum atomic E-state index is 0.676. The molecule has 0 aliphatic carbocycles. The van der Waals surface area contributed by atoms with Crippen LogP contribution in [0.5, 0.6) is 0 Å². The van der Waals surface area contributed by atoms with Crippen LogP contribution in [0.15, 0.2) is 11.1 Å². The van der Waals surface area contributed by atoms with E-state index in [0.29, 0.717) is 5.92 Å². The summed E-state index contributed by atoms with van der Waals surface area (Å²) in [4.78, 5) is 4.02. The zero-order valence-corrected chi connectivity index (χ0v) is 12.9. The van der Waals surface area contributed by atoms with Gasteiger partial charge in [0.1, 0.15) is 0 Å². The van der Waals surface area contributed by atoms with Crippen molar-refractivity contribution in [1.29, 1.82) is 0 Å². The van der Waals surface area contributed by atoms with E-state index in [-0.39, 0.29) is 0 Å². The van der Waals surface area contributed by atoms with E-state index in [0.717, 1.165) is 11.8 Å². The second-order valence-electron chi connectivity index (χ2n) is 6.41. The molecule has 3 aliphatic heterocycles. The minimum absolute atomic E-state index is 0.676. The zero-order valence-electron chi connectivity index (χ0n) is 12.1. The molecule has 0 spiro atoms. The Hall–Kier alpha value is -0.480. The SMILES string of the molecule is CC(C)CCSc1c[nH]nc1C1CN2CCC1CC2. The fraction of sp³-hybridized carbons (Fsp3) is 0.800. The normalized spacial score (nSPS) is 30.2. The van der Waals surface area contributed by atoms with Crippen molar-refractivity contribution >= 4 is 11.8 Å². The lowest BCUT2D eigenvalue weighted by Gasteiger charge is -2.44. The number of aromatic nitrogens is 2. The smallest absolute Gasteiger partial charge is 0.0804 e. The Labute approximate surface area is 120 Å². The van der Waals surface area contributed by atoms with Gasteiger partial charge in [0, 0.05) is 23.6 Å². The van der Waals surface area contributed by atoms with Gasteiger partial charge in [-0.15, -0.1) is 11.8 Å². The molecule has 0 saturated carbocycles. The molecular formula is C15H25N3S. The maximum absolute atomic E-state index is 4.58. The number of H-pyrrole nitrogens is 1. The van der Waals surface area contributed by atoms with Gasteiger partial charge in [0.05, 0.1) is 5.69 Å². The fourth-order valence-corrected chi connectivity index (χ4v) is 4.64. The Morgan fingerprint density at radius 3 is 2.84 bits per heavy atom. The summed E-state index contributed by atoms with van der Waals surface area (Å²) in [6.07, 6.45) is 6.13. The maximum atomic E-state index is 4.58. The van der Waals surface area contributed by atoms with Gasteiger partial charge in [-0.05, 0) is 49.9 Å². The number of nitrogens with zero attached hydrogens (tertiary/aromatic N) is 2. The molecule has 3 saturated heterocycles. The van der Waals surface area contributed by atoms with Crippen LogP contribution in [0, 0.1) is 11.8 Å². The van der Waals surface area contributed by atoms with Crippen LogP contribution < -0.4 is 0 Å². The number of hydrogen-bond donors (Lipinski definition) is 1. The quantitative estimate of drug-likeness (QED) is 0.839. The molecule has 3 fully saturated rings. The van der Waals surface area contributed by atoms with Gasteiger partial charge in [0.25, 0.3) is 0 Å². The molecule has 1 aromatic heterocycles. The van der Waals surface area contributed by atoms with E-state index in [1.54, 1.807) is 0 Å². The molecule has 2 bridgehead atoms. The van der Waals surface area contributed by atoms with E-state index in [1.807, 2.05) is 11.8 Å². The molecule has 0 amide bonds. The van der Waals surface area contributed by atoms with Crippen LogP contribution in [0.25, 0.3) is 0 Å². The first-order valence-corrected chi connectivity index (χ1v) is 8.61. The number of aromatic amines is 1. The first-order chi connectivity index (χ1) is 9.24. The van der Waals surface area contributed by atoms with Crippen molar-refractivity contribution in [2.24, 2.45) is 11.8 Å². The van der Waals surface area contributed by atoms with Crippen LogP contribution >= 0.6 is 11.8 Å². The van der Waals surface area contributed by atoms with Crippen LogP contribution in [-0.2, 0) is 0 Å². The Balaban J connectivity index is 1.66. The Bertz CT molecular complexity index is 407. The first-order valence-electron chi connectivity index (χ1n) is 7.63. The van der Waals surface area contributed by atoms with E-state index in [2.05, 4.69) is 35.1 Å². The molecular weight excluding hydrogens is 254 g/mol. The van der Waals surface area contributed by atoms with Crippen molar-refractivity contribution in [3.63, 3.8) is 0 Å². The first kappa shape index (κ1) is 13.5. The largest absolute Gasteiger partial charge is 0.303 e. The molecule has 4 heteroatoms. The van der Waals surface area contributed by atoms with Crippen LogP contribution in [0.4, 0.5) is 0 Å².